The summed E-state index contributed by atoms with van der Waals surface area (Å²) in [4.78, 5) is 58.3. The van der Waals surface area contributed by atoms with Crippen LogP contribution in [0.5, 0.6) is 0 Å². The lowest BCUT2D eigenvalue weighted by Gasteiger charge is -2.49. The first-order chi connectivity index (χ1) is 15.0. The van der Waals surface area contributed by atoms with Crippen molar-refractivity contribution >= 4 is 69.5 Å². The number of fused-ring (bicyclic) bond motifs is 1. The molecule has 2 amide bonds. The third-order valence-corrected chi connectivity index (χ3v) is 6.65. The summed E-state index contributed by atoms with van der Waals surface area (Å²) >= 11 is 7.81. The van der Waals surface area contributed by atoms with Gasteiger partial charge in [-0.15, -0.1) is 23.4 Å². The van der Waals surface area contributed by atoms with Crippen LogP contribution >= 0.6 is 34.9 Å². The van der Waals surface area contributed by atoms with Gasteiger partial charge in [-0.05, 0) is 19.4 Å². The van der Waals surface area contributed by atoms with E-state index in [1.165, 1.54) is 25.6 Å². The Morgan fingerprint density at radius 3 is 2.62 bits per heavy atom. The third-order valence-electron chi connectivity index (χ3n) is 4.45. The summed E-state index contributed by atoms with van der Waals surface area (Å²) < 4.78 is 3.88. The minimum atomic E-state index is -1.77. The molecular weight excluding hydrogens is 488 g/mol. The summed E-state index contributed by atoms with van der Waals surface area (Å²) in [6, 6.07) is -1.06. The summed E-state index contributed by atoms with van der Waals surface area (Å²) in [6.07, 6.45) is 0. The fourth-order valence-corrected chi connectivity index (χ4v) is 4.82. The van der Waals surface area contributed by atoms with Gasteiger partial charge in [-0.3, -0.25) is 14.5 Å². The van der Waals surface area contributed by atoms with Crippen LogP contribution in [0.3, 0.4) is 0 Å². The molecule has 3 heterocycles. The Labute approximate surface area is 193 Å². The molecule has 0 spiro atoms. The number of carboxylic acids is 2. The molecule has 1 aromatic rings. The number of thioether (sulfide) groups is 1. The number of nitrogen functional groups attached to an aromatic ring is 1. The van der Waals surface area contributed by atoms with Gasteiger partial charge in [0, 0.05) is 23.2 Å². The monoisotopic (exact) mass is 504 g/mol. The standard InChI is InChI=1S/C16H17ClN6O7S2/c1-16(2,14(28)29)30-21-6(9-20-15(18)32-22-9)10(24)19-7-11(25)23-8(13(26)27)5(3-17)4-31-12(7)23/h7,12H,3-4H2,1-2H3,(H,19,24)(H,26,27)(H,28,29)(H2,18,20,22)/b21-6-/t7-,12-/m1/s1. The zero-order chi connectivity index (χ0) is 23.8. The number of aromatic nitrogens is 2. The Balaban J connectivity index is 1.83. The zero-order valence-electron chi connectivity index (χ0n) is 16.6. The second-order valence-electron chi connectivity index (χ2n) is 7.05. The van der Waals surface area contributed by atoms with Crippen molar-refractivity contribution in [3.63, 3.8) is 0 Å². The number of rotatable bonds is 8. The van der Waals surface area contributed by atoms with Gasteiger partial charge in [0.05, 0.1) is 0 Å². The van der Waals surface area contributed by atoms with Crippen molar-refractivity contribution in [2.45, 2.75) is 30.9 Å². The average molecular weight is 505 g/mol. The molecule has 16 heteroatoms. The number of carbonyl (C=O) groups excluding carboxylic acids is 2. The van der Waals surface area contributed by atoms with Gasteiger partial charge in [-0.25, -0.2) is 9.59 Å². The predicted molar refractivity (Wildman–Crippen MR) is 114 cm³/mol. The maximum Gasteiger partial charge on any atom is 0.352 e. The minimum Gasteiger partial charge on any atom is -0.478 e. The first-order valence-electron chi connectivity index (χ1n) is 8.84. The lowest BCUT2D eigenvalue weighted by molar-refractivity contribution is -0.161. The second-order valence-corrected chi connectivity index (χ2v) is 9.21. The van der Waals surface area contributed by atoms with Gasteiger partial charge in [0.25, 0.3) is 11.8 Å². The number of amides is 2. The SMILES string of the molecule is CC(C)(O/N=C(\C(=O)N[C@@H]1C(=O)N2C(C(=O)O)=C(CCl)CS[C@H]12)c1nsc(N)n1)C(=O)O. The van der Waals surface area contributed by atoms with Crippen molar-refractivity contribution in [3.05, 3.63) is 17.1 Å². The molecule has 0 saturated carbocycles. The summed E-state index contributed by atoms with van der Waals surface area (Å²) in [6.45, 7) is 2.44. The molecule has 13 nitrogen and oxygen atoms in total. The van der Waals surface area contributed by atoms with Crippen LogP contribution < -0.4 is 11.1 Å². The molecular formula is C16H17ClN6O7S2. The van der Waals surface area contributed by atoms with Crippen LogP contribution in [0.1, 0.15) is 19.7 Å². The number of hydrogen-bond donors (Lipinski definition) is 4. The van der Waals surface area contributed by atoms with Gasteiger partial charge in [0.2, 0.25) is 17.1 Å². The summed E-state index contributed by atoms with van der Waals surface area (Å²) in [5.74, 6) is -4.20. The highest BCUT2D eigenvalue weighted by Crippen LogP contribution is 2.40. The molecule has 2 atom stereocenters. The van der Waals surface area contributed by atoms with Crippen molar-refractivity contribution < 1.29 is 34.2 Å². The van der Waals surface area contributed by atoms with Crippen LogP contribution in [0.15, 0.2) is 16.4 Å². The number of nitrogens with zero attached hydrogens (tertiary/aromatic N) is 4. The van der Waals surface area contributed by atoms with Crippen LogP contribution in [0.25, 0.3) is 0 Å². The summed E-state index contributed by atoms with van der Waals surface area (Å²) in [5.41, 5.74) is 3.49. The molecule has 2 aliphatic rings. The van der Waals surface area contributed by atoms with E-state index in [1.54, 1.807) is 0 Å². The van der Waals surface area contributed by atoms with Gasteiger partial charge < -0.3 is 26.1 Å². The maximum atomic E-state index is 12.9. The molecule has 3 rings (SSSR count). The normalized spacial score (nSPS) is 21.0. The number of oxime groups is 1. The molecule has 32 heavy (non-hydrogen) atoms. The highest BCUT2D eigenvalue weighted by Gasteiger charge is 2.54. The van der Waals surface area contributed by atoms with E-state index in [2.05, 4.69) is 19.8 Å². The van der Waals surface area contributed by atoms with E-state index in [1.807, 2.05) is 0 Å². The van der Waals surface area contributed by atoms with Crippen LogP contribution in [-0.2, 0) is 24.0 Å². The number of alkyl halides is 1. The Kier molecular flexibility index (Phi) is 6.61. The van der Waals surface area contributed by atoms with Crippen LogP contribution in [0.4, 0.5) is 5.13 Å². The molecule has 2 aliphatic heterocycles. The largest absolute Gasteiger partial charge is 0.478 e. The Bertz CT molecular complexity index is 1060. The number of carbonyl (C=O) groups is 4. The van der Waals surface area contributed by atoms with Gasteiger partial charge in [0.15, 0.2) is 5.13 Å². The van der Waals surface area contributed by atoms with Gasteiger partial charge in [-0.2, -0.15) is 9.36 Å². The number of anilines is 1. The third kappa shape index (κ3) is 4.35. The molecule has 1 saturated heterocycles. The number of aliphatic carboxylic acids is 2. The zero-order valence-corrected chi connectivity index (χ0v) is 19.0. The fraction of sp³-hybridized carbons (Fsp3) is 0.438. The molecule has 1 aromatic heterocycles. The smallest absolute Gasteiger partial charge is 0.352 e. The van der Waals surface area contributed by atoms with E-state index in [-0.39, 0.29) is 28.3 Å². The van der Waals surface area contributed by atoms with Gasteiger partial charge in [-0.1, -0.05) is 5.16 Å². The number of nitrogens with one attached hydrogen (secondary N) is 1. The molecule has 0 aliphatic carbocycles. The van der Waals surface area contributed by atoms with E-state index in [0.717, 1.165) is 16.4 Å². The van der Waals surface area contributed by atoms with Crippen molar-refractivity contribution in [2.75, 3.05) is 17.4 Å². The number of carboxylic acid groups (broad SMARTS) is 2. The Morgan fingerprint density at radius 2 is 2.09 bits per heavy atom. The Morgan fingerprint density at radius 1 is 1.41 bits per heavy atom. The van der Waals surface area contributed by atoms with E-state index in [0.29, 0.717) is 5.57 Å². The number of halogens is 1. The summed E-state index contributed by atoms with van der Waals surface area (Å²) in [5, 5.41) is 24.1. The highest BCUT2D eigenvalue weighted by atomic mass is 35.5. The molecule has 0 aromatic carbocycles. The molecule has 0 bridgehead atoms. The van der Waals surface area contributed by atoms with Crippen LogP contribution in [-0.4, -0.2) is 82.6 Å². The van der Waals surface area contributed by atoms with Crippen LogP contribution in [0.2, 0.25) is 0 Å². The molecule has 5 N–H and O–H groups in total. The maximum absolute atomic E-state index is 12.9. The topological polar surface area (TPSA) is 197 Å². The molecule has 172 valence electrons. The Hall–Kier alpha value is -2.91. The minimum absolute atomic E-state index is 0.0246. The van der Waals surface area contributed by atoms with Gasteiger partial charge >= 0.3 is 11.9 Å². The fourth-order valence-electron chi connectivity index (χ4n) is 2.71. The number of nitrogens with two attached hydrogens (primary N) is 1. The molecule has 1 fully saturated rings. The first-order valence-corrected chi connectivity index (χ1v) is 11.2. The predicted octanol–water partition coefficient (Wildman–Crippen LogP) is -0.318. The van der Waals surface area contributed by atoms with Crippen LogP contribution in [0, 0.1) is 0 Å². The summed E-state index contributed by atoms with van der Waals surface area (Å²) in [7, 11) is 0. The van der Waals surface area contributed by atoms with Crippen molar-refractivity contribution in [1.29, 1.82) is 0 Å². The molecule has 0 radical (unpaired) electrons. The average Bonchev–Trinajstić information content (AvgIpc) is 3.16. The highest BCUT2D eigenvalue weighted by molar-refractivity contribution is 8.00. The molecule has 0 unspecified atom stereocenters. The lowest BCUT2D eigenvalue weighted by Crippen LogP contribution is -2.71. The number of hydrogen-bond acceptors (Lipinski definition) is 11. The van der Waals surface area contributed by atoms with Gasteiger partial charge in [0.1, 0.15) is 17.1 Å². The quantitative estimate of drug-likeness (QED) is 0.156. The first kappa shape index (κ1) is 23.7. The lowest BCUT2D eigenvalue weighted by atomic mass is 10.0. The van der Waals surface area contributed by atoms with E-state index >= 15 is 0 Å². The van der Waals surface area contributed by atoms with E-state index in [9.17, 15) is 29.4 Å². The van der Waals surface area contributed by atoms with Crippen molar-refractivity contribution in [1.82, 2.24) is 19.6 Å². The number of β-lactam (4-membered cyclic amide) rings is 1. The van der Waals surface area contributed by atoms with E-state index in [4.69, 9.17) is 22.2 Å². The van der Waals surface area contributed by atoms with E-state index < -0.39 is 46.5 Å². The second kappa shape index (κ2) is 8.91. The van der Waals surface area contributed by atoms with Crippen molar-refractivity contribution in [3.8, 4) is 0 Å². The van der Waals surface area contributed by atoms with Crippen molar-refractivity contribution in [2.24, 2.45) is 5.16 Å².